The predicted molar refractivity (Wildman–Crippen MR) is 144 cm³/mol. The van der Waals surface area contributed by atoms with Crippen LogP contribution in [-0.4, -0.2) is 52.7 Å². The first-order valence-electron chi connectivity index (χ1n) is 11.3. The summed E-state index contributed by atoms with van der Waals surface area (Å²) >= 11 is 0. The standard InChI is InChI=1S/C27H30O6S3/c1-31-22-10-16-7-20-14-26(35(5)29)24(33-3)12-18(20)9-21-15-27(36(6)30)23(32-2)11-17(21)8-19(16)13-25(22)34(4)28/h10-15H,7-9H2,1-6H3. The minimum atomic E-state index is -1.23. The molecule has 4 rings (SSSR count). The van der Waals surface area contributed by atoms with Crippen LogP contribution in [0.3, 0.4) is 0 Å². The van der Waals surface area contributed by atoms with Crippen LogP contribution >= 0.6 is 0 Å². The van der Waals surface area contributed by atoms with E-state index in [-0.39, 0.29) is 0 Å². The van der Waals surface area contributed by atoms with E-state index in [9.17, 15) is 12.6 Å². The molecule has 1 aliphatic rings. The van der Waals surface area contributed by atoms with Crippen LogP contribution in [0, 0.1) is 0 Å². The van der Waals surface area contributed by atoms with Crippen LogP contribution < -0.4 is 14.2 Å². The molecule has 36 heavy (non-hydrogen) atoms. The Hall–Kier alpha value is -2.49. The van der Waals surface area contributed by atoms with Crippen molar-refractivity contribution >= 4 is 32.4 Å². The highest BCUT2D eigenvalue weighted by Gasteiger charge is 2.23. The van der Waals surface area contributed by atoms with Crippen molar-refractivity contribution in [3.05, 3.63) is 69.8 Å². The maximum atomic E-state index is 12.5. The molecule has 0 amide bonds. The van der Waals surface area contributed by atoms with Crippen molar-refractivity contribution in [2.45, 2.75) is 33.9 Å². The molecular formula is C27H30O6S3. The molecule has 0 fully saturated rings. The number of benzene rings is 3. The van der Waals surface area contributed by atoms with Crippen LogP contribution in [-0.2, 0) is 51.7 Å². The topological polar surface area (TPSA) is 78.9 Å². The lowest BCUT2D eigenvalue weighted by Gasteiger charge is -2.17. The van der Waals surface area contributed by atoms with Gasteiger partial charge in [0.1, 0.15) is 17.2 Å². The normalized spacial score (nSPS) is 15.2. The quantitative estimate of drug-likeness (QED) is 0.364. The van der Waals surface area contributed by atoms with Gasteiger partial charge in [0.15, 0.2) is 0 Å². The number of hydrogen-bond acceptors (Lipinski definition) is 6. The van der Waals surface area contributed by atoms with Crippen molar-refractivity contribution in [3.63, 3.8) is 0 Å². The van der Waals surface area contributed by atoms with Crippen LogP contribution in [0.25, 0.3) is 0 Å². The van der Waals surface area contributed by atoms with Crippen molar-refractivity contribution in [1.82, 2.24) is 0 Å². The van der Waals surface area contributed by atoms with Crippen LogP contribution in [0.2, 0.25) is 0 Å². The highest BCUT2D eigenvalue weighted by molar-refractivity contribution is 7.84. The zero-order valence-electron chi connectivity index (χ0n) is 21.3. The molecule has 0 aliphatic heterocycles. The fraction of sp³-hybridized carbons (Fsp3) is 0.333. The summed E-state index contributed by atoms with van der Waals surface area (Å²) in [6.07, 6.45) is 6.69. The monoisotopic (exact) mass is 546 g/mol. The summed E-state index contributed by atoms with van der Waals surface area (Å²) in [4.78, 5) is 1.92. The van der Waals surface area contributed by atoms with Gasteiger partial charge in [0.05, 0.1) is 68.4 Å². The smallest absolute Gasteiger partial charge is 0.135 e. The third-order valence-corrected chi connectivity index (χ3v) is 9.34. The van der Waals surface area contributed by atoms with Gasteiger partial charge in [0.25, 0.3) is 0 Å². The second-order valence-electron chi connectivity index (χ2n) is 8.71. The predicted octanol–water partition coefficient (Wildman–Crippen LogP) is 4.01. The zero-order chi connectivity index (χ0) is 26.1. The molecule has 0 N–H and O–H groups in total. The van der Waals surface area contributed by atoms with Crippen LogP contribution in [0.1, 0.15) is 33.4 Å². The third-order valence-electron chi connectivity index (χ3n) is 6.53. The first kappa shape index (κ1) is 26.6. The van der Waals surface area contributed by atoms with Crippen molar-refractivity contribution in [2.24, 2.45) is 0 Å². The Morgan fingerprint density at radius 1 is 0.472 bits per heavy atom. The highest BCUT2D eigenvalue weighted by atomic mass is 32.2. The largest absolute Gasteiger partial charge is 0.495 e. The Morgan fingerprint density at radius 3 is 0.889 bits per heavy atom. The van der Waals surface area contributed by atoms with Crippen molar-refractivity contribution in [2.75, 3.05) is 40.1 Å². The molecule has 0 saturated carbocycles. The van der Waals surface area contributed by atoms with E-state index in [1.807, 2.05) is 36.4 Å². The first-order chi connectivity index (χ1) is 17.2. The van der Waals surface area contributed by atoms with E-state index in [0.29, 0.717) is 51.2 Å². The summed E-state index contributed by atoms with van der Waals surface area (Å²) in [5.74, 6) is 1.74. The Balaban J connectivity index is 2.05. The molecule has 1 aliphatic carbocycles. The molecule has 3 aromatic rings. The zero-order valence-corrected chi connectivity index (χ0v) is 23.7. The van der Waals surface area contributed by atoms with Gasteiger partial charge in [0, 0.05) is 18.8 Å². The van der Waals surface area contributed by atoms with E-state index in [0.717, 1.165) is 33.4 Å². The fourth-order valence-electron chi connectivity index (χ4n) is 4.69. The van der Waals surface area contributed by atoms with Crippen LogP contribution in [0.5, 0.6) is 17.2 Å². The average molecular weight is 547 g/mol. The maximum absolute atomic E-state index is 12.5. The number of rotatable bonds is 6. The molecule has 6 nitrogen and oxygen atoms in total. The Kier molecular flexibility index (Phi) is 8.02. The number of hydrogen-bond donors (Lipinski definition) is 0. The SMILES string of the molecule is COc1cc2c(cc1S(C)=O)Cc1cc(OC)c(S(C)=O)cc1Cc1cc(OC)c(S(C)=O)cc1C2. The molecule has 9 heteroatoms. The van der Waals surface area contributed by atoms with E-state index in [1.54, 1.807) is 40.1 Å². The molecule has 192 valence electrons. The molecule has 0 bridgehead atoms. The molecule has 0 saturated heterocycles. The van der Waals surface area contributed by atoms with Crippen molar-refractivity contribution in [1.29, 1.82) is 0 Å². The number of fused-ring (bicyclic) bond motifs is 3. The van der Waals surface area contributed by atoms with Crippen LogP contribution in [0.4, 0.5) is 0 Å². The van der Waals surface area contributed by atoms with Gasteiger partial charge in [-0.2, -0.15) is 0 Å². The Bertz CT molecular complexity index is 1240. The second kappa shape index (κ2) is 10.9. The molecule has 0 aromatic heterocycles. The summed E-state index contributed by atoms with van der Waals surface area (Å²) in [6.45, 7) is 0. The lowest BCUT2D eigenvalue weighted by molar-refractivity contribution is 0.402. The molecule has 0 radical (unpaired) electrons. The fourth-order valence-corrected chi connectivity index (χ4v) is 6.89. The van der Waals surface area contributed by atoms with E-state index in [4.69, 9.17) is 14.2 Å². The minimum absolute atomic E-state index is 0.581. The van der Waals surface area contributed by atoms with E-state index < -0.39 is 32.4 Å². The first-order valence-corrected chi connectivity index (χ1v) is 15.9. The van der Waals surface area contributed by atoms with E-state index in [2.05, 4.69) is 0 Å². The minimum Gasteiger partial charge on any atom is -0.495 e. The lowest BCUT2D eigenvalue weighted by Crippen LogP contribution is -2.04. The maximum Gasteiger partial charge on any atom is 0.135 e. The second-order valence-corrected chi connectivity index (χ2v) is 12.8. The summed E-state index contributed by atoms with van der Waals surface area (Å²) in [7, 11) is 1.04. The van der Waals surface area contributed by atoms with Crippen molar-refractivity contribution in [3.8, 4) is 17.2 Å². The molecule has 0 heterocycles. The summed E-state index contributed by atoms with van der Waals surface area (Å²) < 4.78 is 54.3. The van der Waals surface area contributed by atoms with Gasteiger partial charge in [-0.3, -0.25) is 12.6 Å². The van der Waals surface area contributed by atoms with Gasteiger partial charge in [-0.05, 0) is 89.0 Å². The third kappa shape index (κ3) is 5.14. The summed E-state index contributed by atoms with van der Waals surface area (Å²) in [5, 5.41) is 0. The lowest BCUT2D eigenvalue weighted by atomic mass is 9.94. The van der Waals surface area contributed by atoms with Crippen LogP contribution in [0.15, 0.2) is 51.1 Å². The molecule has 3 unspecified atom stereocenters. The van der Waals surface area contributed by atoms with Gasteiger partial charge in [-0.1, -0.05) is 0 Å². The summed E-state index contributed by atoms with van der Waals surface area (Å²) in [5.41, 5.74) is 6.19. The highest BCUT2D eigenvalue weighted by Crippen LogP contribution is 2.37. The molecular weight excluding hydrogens is 516 g/mol. The Labute approximate surface area is 219 Å². The van der Waals surface area contributed by atoms with Gasteiger partial charge in [-0.25, -0.2) is 0 Å². The van der Waals surface area contributed by atoms with E-state index in [1.165, 1.54) is 0 Å². The van der Waals surface area contributed by atoms with Crippen molar-refractivity contribution < 1.29 is 26.8 Å². The molecule has 3 aromatic carbocycles. The van der Waals surface area contributed by atoms with Gasteiger partial charge in [-0.15, -0.1) is 0 Å². The number of ether oxygens (including phenoxy) is 3. The van der Waals surface area contributed by atoms with E-state index >= 15 is 0 Å². The average Bonchev–Trinajstić information content (AvgIpc) is 2.90. The molecule has 3 atom stereocenters. The van der Waals surface area contributed by atoms with Gasteiger partial charge >= 0.3 is 0 Å². The molecule has 0 spiro atoms. The van der Waals surface area contributed by atoms with Gasteiger partial charge in [0.2, 0.25) is 0 Å². The Morgan fingerprint density at radius 2 is 0.694 bits per heavy atom. The summed E-state index contributed by atoms with van der Waals surface area (Å²) in [6, 6.07) is 11.8. The van der Waals surface area contributed by atoms with Gasteiger partial charge < -0.3 is 14.2 Å². The number of methoxy groups -OCH3 is 3.